The van der Waals surface area contributed by atoms with Crippen LogP contribution in [0, 0.1) is 0 Å². The topological polar surface area (TPSA) is 65.1 Å². The number of hydrogen-bond acceptors (Lipinski definition) is 5. The highest BCUT2D eigenvalue weighted by atomic mass is 16.5. The average molecular weight is 431 g/mol. The minimum absolute atomic E-state index is 0.152. The summed E-state index contributed by atoms with van der Waals surface area (Å²) >= 11 is 0. The number of fused-ring (bicyclic) bond motifs is 1. The third-order valence-corrected chi connectivity index (χ3v) is 5.34. The molecule has 6 heteroatoms. The second kappa shape index (κ2) is 9.14. The molecule has 1 amide bonds. The van der Waals surface area contributed by atoms with E-state index in [1.54, 1.807) is 51.2 Å². The molecule has 0 bridgehead atoms. The molecular formula is C26H25NO5. The number of ketones is 1. The molecule has 0 aromatic heterocycles. The molecule has 3 aromatic carbocycles. The van der Waals surface area contributed by atoms with E-state index in [0.717, 1.165) is 11.3 Å². The highest BCUT2D eigenvalue weighted by Crippen LogP contribution is 2.34. The number of hydrogen-bond donors (Lipinski definition) is 0. The first-order valence-corrected chi connectivity index (χ1v) is 10.5. The molecule has 0 spiro atoms. The molecule has 0 fully saturated rings. The Kier molecular flexibility index (Phi) is 6.12. The van der Waals surface area contributed by atoms with E-state index in [1.165, 1.54) is 4.90 Å². The summed E-state index contributed by atoms with van der Waals surface area (Å²) in [6.07, 6.45) is -1.25. The van der Waals surface area contributed by atoms with Crippen molar-refractivity contribution in [1.29, 1.82) is 0 Å². The zero-order valence-corrected chi connectivity index (χ0v) is 18.3. The van der Waals surface area contributed by atoms with Gasteiger partial charge >= 0.3 is 0 Å². The number of nitrogens with zero attached hydrogens (tertiary/aromatic N) is 1. The van der Waals surface area contributed by atoms with Crippen LogP contribution in [0.4, 0.5) is 5.69 Å². The van der Waals surface area contributed by atoms with Gasteiger partial charge in [0, 0.05) is 12.6 Å². The van der Waals surface area contributed by atoms with Crippen LogP contribution in [0.1, 0.15) is 29.8 Å². The Morgan fingerprint density at radius 3 is 2.44 bits per heavy atom. The summed E-state index contributed by atoms with van der Waals surface area (Å²) < 4.78 is 17.2. The Morgan fingerprint density at radius 1 is 1.03 bits per heavy atom. The fourth-order valence-electron chi connectivity index (χ4n) is 3.51. The van der Waals surface area contributed by atoms with E-state index in [9.17, 15) is 9.59 Å². The first-order valence-electron chi connectivity index (χ1n) is 10.5. The number of carbonyl (C=O) groups excluding carboxylic acids is 2. The van der Waals surface area contributed by atoms with Crippen molar-refractivity contribution in [3.63, 3.8) is 0 Å². The number of benzene rings is 3. The molecule has 2 atom stereocenters. The zero-order valence-electron chi connectivity index (χ0n) is 18.3. The lowest BCUT2D eigenvalue weighted by Gasteiger charge is -2.30. The van der Waals surface area contributed by atoms with Crippen molar-refractivity contribution in [3.8, 4) is 17.2 Å². The number of carbonyl (C=O) groups is 2. The highest BCUT2D eigenvalue weighted by Gasteiger charge is 2.30. The van der Waals surface area contributed by atoms with Crippen molar-refractivity contribution in [2.45, 2.75) is 32.7 Å². The Morgan fingerprint density at radius 2 is 1.72 bits per heavy atom. The van der Waals surface area contributed by atoms with Gasteiger partial charge in [0.1, 0.15) is 23.9 Å². The van der Waals surface area contributed by atoms with Gasteiger partial charge in [0.05, 0.1) is 5.69 Å². The van der Waals surface area contributed by atoms with Gasteiger partial charge in [0.25, 0.3) is 5.91 Å². The number of Topliss-reactive ketones (excluding diaryl/α,β-unsaturated/α-hetero) is 1. The summed E-state index contributed by atoms with van der Waals surface area (Å²) in [5, 5.41) is 0. The van der Waals surface area contributed by atoms with Gasteiger partial charge in [-0.2, -0.15) is 0 Å². The van der Waals surface area contributed by atoms with Gasteiger partial charge in [-0.1, -0.05) is 30.3 Å². The number of anilines is 1. The van der Waals surface area contributed by atoms with Crippen LogP contribution in [-0.2, 0) is 11.4 Å². The largest absolute Gasteiger partial charge is 0.489 e. The van der Waals surface area contributed by atoms with Crippen molar-refractivity contribution in [2.24, 2.45) is 0 Å². The van der Waals surface area contributed by atoms with Gasteiger partial charge in [-0.25, -0.2) is 0 Å². The lowest BCUT2D eigenvalue weighted by atomic mass is 10.0. The summed E-state index contributed by atoms with van der Waals surface area (Å²) in [4.78, 5) is 26.6. The summed E-state index contributed by atoms with van der Waals surface area (Å²) in [6, 6.07) is 22.2. The summed E-state index contributed by atoms with van der Waals surface area (Å²) in [6.45, 7) is 3.89. The quantitative estimate of drug-likeness (QED) is 0.509. The lowest BCUT2D eigenvalue weighted by Crippen LogP contribution is -2.42. The SMILES string of the molecule is CC(Oc1ccc(OCc2ccccc2)cc1)C(=O)c1ccc2c(c1)N(C)C(=O)C(C)O2. The van der Waals surface area contributed by atoms with Crippen LogP contribution in [0.15, 0.2) is 72.8 Å². The maximum Gasteiger partial charge on any atom is 0.267 e. The van der Waals surface area contributed by atoms with Crippen molar-refractivity contribution < 1.29 is 23.8 Å². The van der Waals surface area contributed by atoms with E-state index in [4.69, 9.17) is 14.2 Å². The van der Waals surface area contributed by atoms with Crippen molar-refractivity contribution >= 4 is 17.4 Å². The molecular weight excluding hydrogens is 406 g/mol. The van der Waals surface area contributed by atoms with Crippen LogP contribution in [0.3, 0.4) is 0 Å². The average Bonchev–Trinajstić information content (AvgIpc) is 2.82. The van der Waals surface area contributed by atoms with Crippen LogP contribution in [0.2, 0.25) is 0 Å². The minimum atomic E-state index is -0.700. The van der Waals surface area contributed by atoms with Crippen LogP contribution in [0.25, 0.3) is 0 Å². The van der Waals surface area contributed by atoms with Gasteiger partial charge in [0.15, 0.2) is 12.2 Å². The molecule has 0 saturated heterocycles. The van der Waals surface area contributed by atoms with Crippen LogP contribution >= 0.6 is 0 Å². The van der Waals surface area contributed by atoms with Crippen LogP contribution in [-0.4, -0.2) is 30.9 Å². The monoisotopic (exact) mass is 431 g/mol. The molecule has 1 aliphatic heterocycles. The first-order chi connectivity index (χ1) is 15.4. The standard InChI is InChI=1S/C26H25NO5/c1-17(25(28)20-9-14-24-23(15-20)27(3)26(29)18(2)32-24)31-22-12-10-21(11-13-22)30-16-19-7-5-4-6-8-19/h4-15,17-18H,16H2,1-3H3. The molecule has 32 heavy (non-hydrogen) atoms. The molecule has 0 N–H and O–H groups in total. The van der Waals surface area contributed by atoms with Crippen molar-refractivity contribution in [3.05, 3.63) is 83.9 Å². The van der Waals surface area contributed by atoms with Gasteiger partial charge in [-0.05, 0) is 61.9 Å². The fraction of sp³-hybridized carbons (Fsp3) is 0.231. The maximum absolute atomic E-state index is 12.9. The van der Waals surface area contributed by atoms with E-state index >= 15 is 0 Å². The number of amides is 1. The second-order valence-corrected chi connectivity index (χ2v) is 7.71. The van der Waals surface area contributed by atoms with Gasteiger partial charge < -0.3 is 19.1 Å². The number of likely N-dealkylation sites (N-methyl/N-ethyl adjacent to an activating group) is 1. The maximum atomic E-state index is 12.9. The van der Waals surface area contributed by atoms with E-state index in [-0.39, 0.29) is 11.7 Å². The molecule has 1 aliphatic rings. The van der Waals surface area contributed by atoms with Crippen LogP contribution in [0.5, 0.6) is 17.2 Å². The van der Waals surface area contributed by atoms with Crippen LogP contribution < -0.4 is 19.1 Å². The van der Waals surface area contributed by atoms with E-state index < -0.39 is 12.2 Å². The Bertz CT molecular complexity index is 1110. The molecule has 0 radical (unpaired) electrons. The molecule has 164 valence electrons. The third kappa shape index (κ3) is 4.59. The molecule has 0 saturated carbocycles. The smallest absolute Gasteiger partial charge is 0.267 e. The van der Waals surface area contributed by atoms with E-state index in [0.29, 0.717) is 29.4 Å². The Hall–Kier alpha value is -3.80. The first kappa shape index (κ1) is 21.4. The Balaban J connectivity index is 1.39. The molecule has 1 heterocycles. The van der Waals surface area contributed by atoms with E-state index in [1.807, 2.05) is 42.5 Å². The predicted molar refractivity (Wildman–Crippen MR) is 122 cm³/mol. The number of rotatable bonds is 7. The van der Waals surface area contributed by atoms with Gasteiger partial charge in [-0.15, -0.1) is 0 Å². The van der Waals surface area contributed by atoms with Crippen molar-refractivity contribution in [2.75, 3.05) is 11.9 Å². The number of ether oxygens (including phenoxy) is 3. The molecule has 3 aromatic rings. The predicted octanol–water partition coefficient (Wildman–Crippen LogP) is 4.66. The van der Waals surface area contributed by atoms with E-state index in [2.05, 4.69) is 0 Å². The van der Waals surface area contributed by atoms with Gasteiger partial charge in [-0.3, -0.25) is 9.59 Å². The van der Waals surface area contributed by atoms with Gasteiger partial charge in [0.2, 0.25) is 5.78 Å². The molecule has 0 aliphatic carbocycles. The summed E-state index contributed by atoms with van der Waals surface area (Å²) in [5.41, 5.74) is 2.12. The summed E-state index contributed by atoms with van der Waals surface area (Å²) in [7, 11) is 1.68. The highest BCUT2D eigenvalue weighted by molar-refractivity contribution is 6.04. The molecule has 2 unspecified atom stereocenters. The van der Waals surface area contributed by atoms with Crippen molar-refractivity contribution in [1.82, 2.24) is 0 Å². The zero-order chi connectivity index (χ0) is 22.7. The Labute approximate surface area is 187 Å². The molecule has 6 nitrogen and oxygen atoms in total. The normalized spacial score (nSPS) is 16.0. The second-order valence-electron chi connectivity index (χ2n) is 7.71. The lowest BCUT2D eigenvalue weighted by molar-refractivity contribution is -0.125. The third-order valence-electron chi connectivity index (χ3n) is 5.34. The molecule has 4 rings (SSSR count). The minimum Gasteiger partial charge on any atom is -0.489 e. The summed E-state index contributed by atoms with van der Waals surface area (Å²) in [5.74, 6) is 1.53. The fourth-order valence-corrected chi connectivity index (χ4v) is 3.51.